The van der Waals surface area contributed by atoms with Crippen LogP contribution in [0.15, 0.2) is 79.1 Å². The van der Waals surface area contributed by atoms with Crippen molar-refractivity contribution in [1.29, 1.82) is 0 Å². The van der Waals surface area contributed by atoms with E-state index >= 15 is 0 Å². The van der Waals surface area contributed by atoms with Crippen molar-refractivity contribution in [3.8, 4) is 11.1 Å². The molecule has 2 N–H and O–H groups in total. The van der Waals surface area contributed by atoms with Crippen molar-refractivity contribution >= 4 is 11.6 Å². The van der Waals surface area contributed by atoms with E-state index in [4.69, 9.17) is 0 Å². The van der Waals surface area contributed by atoms with Gasteiger partial charge in [0, 0.05) is 24.6 Å². The predicted octanol–water partition coefficient (Wildman–Crippen LogP) is 3.87. The maximum Gasteiger partial charge on any atom is 0.241 e. The third-order valence-electron chi connectivity index (χ3n) is 4.01. The molecular formula is C21H21N3O. The van der Waals surface area contributed by atoms with Crippen LogP contribution < -0.4 is 10.6 Å². The highest BCUT2D eigenvalue weighted by atomic mass is 16.2. The average Bonchev–Trinajstić information content (AvgIpc) is 2.68. The molecule has 0 aliphatic rings. The highest BCUT2D eigenvalue weighted by Gasteiger charge is 2.12. The van der Waals surface area contributed by atoms with Gasteiger partial charge in [0.25, 0.3) is 0 Å². The summed E-state index contributed by atoms with van der Waals surface area (Å²) in [5, 5.41) is 6.18. The summed E-state index contributed by atoms with van der Waals surface area (Å²) >= 11 is 0. The first-order chi connectivity index (χ1) is 12.2. The zero-order chi connectivity index (χ0) is 17.5. The Kier molecular flexibility index (Phi) is 5.54. The van der Waals surface area contributed by atoms with Crippen LogP contribution in [0.4, 0.5) is 5.69 Å². The summed E-state index contributed by atoms with van der Waals surface area (Å²) < 4.78 is 0. The lowest BCUT2D eigenvalue weighted by Crippen LogP contribution is -2.37. The van der Waals surface area contributed by atoms with Crippen LogP contribution in [-0.2, 0) is 11.3 Å². The maximum atomic E-state index is 12.3. The molecule has 1 aromatic heterocycles. The molecule has 126 valence electrons. The van der Waals surface area contributed by atoms with E-state index < -0.39 is 0 Å². The van der Waals surface area contributed by atoms with Crippen molar-refractivity contribution in [2.75, 3.05) is 5.32 Å². The first-order valence-electron chi connectivity index (χ1n) is 8.31. The Bertz CT molecular complexity index is 802. The largest absolute Gasteiger partial charge is 0.325 e. The molecule has 4 nitrogen and oxygen atoms in total. The van der Waals surface area contributed by atoms with Crippen LogP contribution >= 0.6 is 0 Å². The van der Waals surface area contributed by atoms with Gasteiger partial charge >= 0.3 is 0 Å². The Morgan fingerprint density at radius 3 is 2.24 bits per heavy atom. The number of anilines is 1. The third kappa shape index (κ3) is 4.75. The van der Waals surface area contributed by atoms with Gasteiger partial charge in [-0.2, -0.15) is 0 Å². The van der Waals surface area contributed by atoms with E-state index in [1.165, 1.54) is 0 Å². The predicted molar refractivity (Wildman–Crippen MR) is 101 cm³/mol. The number of rotatable bonds is 6. The van der Waals surface area contributed by atoms with Crippen LogP contribution in [0.25, 0.3) is 11.1 Å². The van der Waals surface area contributed by atoms with E-state index in [0.29, 0.717) is 6.54 Å². The summed E-state index contributed by atoms with van der Waals surface area (Å²) in [6.07, 6.45) is 3.54. The molecule has 0 fully saturated rings. The summed E-state index contributed by atoms with van der Waals surface area (Å²) in [6.45, 7) is 2.53. The molecule has 1 unspecified atom stereocenters. The molecular weight excluding hydrogens is 310 g/mol. The lowest BCUT2D eigenvalue weighted by molar-refractivity contribution is -0.117. The number of carbonyl (C=O) groups is 1. The molecule has 1 atom stereocenters. The highest BCUT2D eigenvalue weighted by molar-refractivity contribution is 5.94. The van der Waals surface area contributed by atoms with E-state index in [9.17, 15) is 4.79 Å². The standard InChI is InChI=1S/C21H21N3O/c1-16(23-15-17-5-3-2-4-6-17)21(25)24-20-9-7-18(8-10-20)19-11-13-22-14-12-19/h2-14,16,23H,15H2,1H3,(H,24,25). The van der Waals surface area contributed by atoms with Crippen LogP contribution in [0, 0.1) is 0 Å². The van der Waals surface area contributed by atoms with Crippen molar-refractivity contribution in [2.45, 2.75) is 19.5 Å². The molecule has 4 heteroatoms. The highest BCUT2D eigenvalue weighted by Crippen LogP contribution is 2.20. The summed E-state index contributed by atoms with van der Waals surface area (Å²) in [4.78, 5) is 16.3. The number of amides is 1. The lowest BCUT2D eigenvalue weighted by atomic mass is 10.1. The van der Waals surface area contributed by atoms with Crippen LogP contribution in [0.5, 0.6) is 0 Å². The summed E-state index contributed by atoms with van der Waals surface area (Å²) in [7, 11) is 0. The van der Waals surface area contributed by atoms with E-state index in [-0.39, 0.29) is 11.9 Å². The zero-order valence-corrected chi connectivity index (χ0v) is 14.1. The molecule has 0 bridgehead atoms. The molecule has 0 radical (unpaired) electrons. The number of aromatic nitrogens is 1. The number of nitrogens with zero attached hydrogens (tertiary/aromatic N) is 1. The van der Waals surface area contributed by atoms with Crippen LogP contribution in [0.1, 0.15) is 12.5 Å². The van der Waals surface area contributed by atoms with E-state index in [1.54, 1.807) is 12.4 Å². The minimum Gasteiger partial charge on any atom is -0.325 e. The molecule has 0 aliphatic carbocycles. The molecule has 1 heterocycles. The van der Waals surface area contributed by atoms with Gasteiger partial charge in [-0.1, -0.05) is 42.5 Å². The average molecular weight is 331 g/mol. The van der Waals surface area contributed by atoms with Crippen molar-refractivity contribution in [1.82, 2.24) is 10.3 Å². The van der Waals surface area contributed by atoms with Crippen LogP contribution in [0.2, 0.25) is 0 Å². The summed E-state index contributed by atoms with van der Waals surface area (Å²) in [6, 6.07) is 21.5. The van der Waals surface area contributed by atoms with Gasteiger partial charge in [-0.25, -0.2) is 0 Å². The number of hydrogen-bond donors (Lipinski definition) is 2. The summed E-state index contributed by atoms with van der Waals surface area (Å²) in [5.41, 5.74) is 4.14. The number of benzene rings is 2. The Morgan fingerprint density at radius 2 is 1.56 bits per heavy atom. The Morgan fingerprint density at radius 1 is 0.920 bits per heavy atom. The molecule has 0 spiro atoms. The Labute approximate surface area is 147 Å². The molecule has 0 saturated carbocycles. The second-order valence-electron chi connectivity index (χ2n) is 5.89. The first kappa shape index (κ1) is 16.9. The second-order valence-corrected chi connectivity index (χ2v) is 5.89. The van der Waals surface area contributed by atoms with Gasteiger partial charge in [-0.05, 0) is 47.9 Å². The number of carbonyl (C=O) groups excluding carboxylic acids is 1. The fourth-order valence-electron chi connectivity index (χ4n) is 2.50. The molecule has 3 rings (SSSR count). The lowest BCUT2D eigenvalue weighted by Gasteiger charge is -2.14. The van der Waals surface area contributed by atoms with Gasteiger partial charge in [-0.15, -0.1) is 0 Å². The fourth-order valence-corrected chi connectivity index (χ4v) is 2.50. The Balaban J connectivity index is 1.55. The Hall–Kier alpha value is -2.98. The molecule has 25 heavy (non-hydrogen) atoms. The number of pyridine rings is 1. The third-order valence-corrected chi connectivity index (χ3v) is 4.01. The van der Waals surface area contributed by atoms with Gasteiger partial charge in [0.05, 0.1) is 6.04 Å². The molecule has 0 saturated heterocycles. The zero-order valence-electron chi connectivity index (χ0n) is 14.1. The molecule has 3 aromatic rings. The van der Waals surface area contributed by atoms with Crippen molar-refractivity contribution in [3.63, 3.8) is 0 Å². The van der Waals surface area contributed by atoms with Crippen LogP contribution in [-0.4, -0.2) is 16.9 Å². The molecule has 1 amide bonds. The van der Waals surface area contributed by atoms with Crippen molar-refractivity contribution in [3.05, 3.63) is 84.7 Å². The topological polar surface area (TPSA) is 54.0 Å². The first-order valence-corrected chi connectivity index (χ1v) is 8.31. The minimum atomic E-state index is -0.278. The smallest absolute Gasteiger partial charge is 0.241 e. The van der Waals surface area contributed by atoms with Gasteiger partial charge in [0.1, 0.15) is 0 Å². The minimum absolute atomic E-state index is 0.0485. The molecule has 2 aromatic carbocycles. The monoisotopic (exact) mass is 331 g/mol. The van der Waals surface area contributed by atoms with Crippen LogP contribution in [0.3, 0.4) is 0 Å². The second kappa shape index (κ2) is 8.22. The van der Waals surface area contributed by atoms with E-state index in [2.05, 4.69) is 15.6 Å². The normalized spacial score (nSPS) is 11.7. The van der Waals surface area contributed by atoms with Gasteiger partial charge in [0.15, 0.2) is 0 Å². The quantitative estimate of drug-likeness (QED) is 0.721. The fraction of sp³-hybridized carbons (Fsp3) is 0.143. The van der Waals surface area contributed by atoms with E-state index in [1.807, 2.05) is 73.7 Å². The molecule has 0 aliphatic heterocycles. The van der Waals surface area contributed by atoms with E-state index in [0.717, 1.165) is 22.4 Å². The van der Waals surface area contributed by atoms with Crippen molar-refractivity contribution in [2.24, 2.45) is 0 Å². The van der Waals surface area contributed by atoms with Gasteiger partial charge in [-0.3, -0.25) is 9.78 Å². The number of nitrogens with one attached hydrogen (secondary N) is 2. The SMILES string of the molecule is CC(NCc1ccccc1)C(=O)Nc1ccc(-c2ccncc2)cc1. The maximum absolute atomic E-state index is 12.3. The number of hydrogen-bond acceptors (Lipinski definition) is 3. The summed E-state index contributed by atoms with van der Waals surface area (Å²) in [5.74, 6) is -0.0485. The van der Waals surface area contributed by atoms with Gasteiger partial charge < -0.3 is 10.6 Å². The van der Waals surface area contributed by atoms with Crippen molar-refractivity contribution < 1.29 is 4.79 Å². The van der Waals surface area contributed by atoms with Gasteiger partial charge in [0.2, 0.25) is 5.91 Å².